The number of hydrogen-bond acceptors (Lipinski definition) is 5. The van der Waals surface area contributed by atoms with Crippen LogP contribution in [0.15, 0.2) is 60.9 Å². The number of benzene rings is 2. The van der Waals surface area contributed by atoms with Crippen molar-refractivity contribution in [2.75, 3.05) is 30.3 Å². The molecule has 0 saturated carbocycles. The van der Waals surface area contributed by atoms with Crippen molar-refractivity contribution in [3.63, 3.8) is 0 Å². The van der Waals surface area contributed by atoms with Crippen LogP contribution >= 0.6 is 11.6 Å². The molecule has 0 aliphatic carbocycles. The molecule has 0 spiro atoms. The molecule has 0 amide bonds. The zero-order valence-corrected chi connectivity index (χ0v) is 16.3. The Bertz CT molecular complexity index is 950. The van der Waals surface area contributed by atoms with Crippen LogP contribution < -0.4 is 10.6 Å². The van der Waals surface area contributed by atoms with Crippen molar-refractivity contribution in [2.24, 2.45) is 5.92 Å². The van der Waals surface area contributed by atoms with Gasteiger partial charge in [0.25, 0.3) is 0 Å². The Hall–Kier alpha value is -2.63. The summed E-state index contributed by atoms with van der Waals surface area (Å²) >= 11 is 6.12. The minimum absolute atomic E-state index is 0.121. The number of nitrogen functional groups attached to an aromatic ring is 1. The van der Waals surface area contributed by atoms with Gasteiger partial charge < -0.3 is 15.7 Å². The fraction of sp³-hybridized carbons (Fsp3) is 0.273. The molecule has 5 nitrogen and oxygen atoms in total. The predicted molar refractivity (Wildman–Crippen MR) is 113 cm³/mol. The number of halogens is 1. The summed E-state index contributed by atoms with van der Waals surface area (Å²) in [6.07, 6.45) is 4.38. The number of anilines is 2. The first kappa shape index (κ1) is 18.7. The Morgan fingerprint density at radius 3 is 2.57 bits per heavy atom. The first-order chi connectivity index (χ1) is 13.7. The number of aliphatic hydroxyl groups is 1. The van der Waals surface area contributed by atoms with Gasteiger partial charge in [-0.15, -0.1) is 0 Å². The summed E-state index contributed by atoms with van der Waals surface area (Å²) in [5, 5.41) is 10.6. The van der Waals surface area contributed by atoms with E-state index in [1.165, 1.54) is 0 Å². The minimum Gasteiger partial charge on any atom is -0.398 e. The van der Waals surface area contributed by atoms with E-state index in [-0.39, 0.29) is 18.4 Å². The highest BCUT2D eigenvalue weighted by Gasteiger charge is 2.32. The second-order valence-corrected chi connectivity index (χ2v) is 7.62. The van der Waals surface area contributed by atoms with Crippen LogP contribution in [0.4, 0.5) is 11.6 Å². The molecule has 1 aromatic heterocycles. The smallest absolute Gasteiger partial charge is 0.225 e. The molecular formula is C22H23ClN4O. The van der Waals surface area contributed by atoms with Crippen molar-refractivity contribution in [1.82, 2.24) is 9.97 Å². The number of piperidine rings is 1. The zero-order valence-electron chi connectivity index (χ0n) is 15.5. The van der Waals surface area contributed by atoms with E-state index < -0.39 is 0 Å². The standard InChI is InChI=1S/C22H23ClN4O/c23-18-4-1-3-15(11-18)16-5-6-19(21(24)12-16)20-13-27(10-7-17(20)14-28)22-25-8-2-9-26-22/h1-6,8-9,11-12,17,20,28H,7,10,13-14,24H2. The molecule has 0 radical (unpaired) electrons. The lowest BCUT2D eigenvalue weighted by molar-refractivity contribution is 0.184. The van der Waals surface area contributed by atoms with Crippen LogP contribution in [-0.4, -0.2) is 34.8 Å². The van der Waals surface area contributed by atoms with Crippen LogP contribution in [0.2, 0.25) is 5.02 Å². The number of nitrogens with zero attached hydrogens (tertiary/aromatic N) is 3. The Morgan fingerprint density at radius 2 is 1.86 bits per heavy atom. The molecule has 1 aliphatic heterocycles. The van der Waals surface area contributed by atoms with Gasteiger partial charge >= 0.3 is 0 Å². The third-order valence-corrected chi connectivity index (χ3v) is 5.70. The van der Waals surface area contributed by atoms with Gasteiger partial charge in [0.2, 0.25) is 5.95 Å². The first-order valence-electron chi connectivity index (χ1n) is 9.44. The van der Waals surface area contributed by atoms with Gasteiger partial charge in [-0.25, -0.2) is 9.97 Å². The monoisotopic (exact) mass is 394 g/mol. The number of aromatic nitrogens is 2. The molecule has 2 unspecified atom stereocenters. The van der Waals surface area contributed by atoms with Crippen molar-refractivity contribution in [2.45, 2.75) is 12.3 Å². The average Bonchev–Trinajstić information content (AvgIpc) is 2.74. The third-order valence-electron chi connectivity index (χ3n) is 5.47. The quantitative estimate of drug-likeness (QED) is 0.654. The third kappa shape index (κ3) is 3.81. The molecule has 144 valence electrons. The molecule has 1 fully saturated rings. The number of nitrogens with two attached hydrogens (primary N) is 1. The Kier molecular flexibility index (Phi) is 5.46. The Morgan fingerprint density at radius 1 is 1.07 bits per heavy atom. The van der Waals surface area contributed by atoms with Crippen molar-refractivity contribution >= 4 is 23.2 Å². The molecule has 6 heteroatoms. The highest BCUT2D eigenvalue weighted by molar-refractivity contribution is 6.30. The van der Waals surface area contributed by atoms with Gasteiger partial charge in [-0.2, -0.15) is 0 Å². The lowest BCUT2D eigenvalue weighted by atomic mass is 9.80. The van der Waals surface area contributed by atoms with Gasteiger partial charge in [0.05, 0.1) is 0 Å². The average molecular weight is 395 g/mol. The van der Waals surface area contributed by atoms with E-state index >= 15 is 0 Å². The fourth-order valence-corrected chi connectivity index (χ4v) is 4.16. The Labute approximate surface area is 169 Å². The summed E-state index contributed by atoms with van der Waals surface area (Å²) in [6, 6.07) is 15.7. The maximum absolute atomic E-state index is 9.93. The molecular weight excluding hydrogens is 372 g/mol. The van der Waals surface area contributed by atoms with Gasteiger partial charge in [-0.05, 0) is 53.3 Å². The van der Waals surface area contributed by atoms with E-state index in [1.54, 1.807) is 12.4 Å². The van der Waals surface area contributed by atoms with Crippen molar-refractivity contribution in [1.29, 1.82) is 0 Å². The lowest BCUT2D eigenvalue weighted by Gasteiger charge is -2.38. The molecule has 1 aliphatic rings. The topological polar surface area (TPSA) is 75.3 Å². The summed E-state index contributed by atoms with van der Waals surface area (Å²) in [4.78, 5) is 10.9. The van der Waals surface area contributed by atoms with Crippen LogP contribution in [0.1, 0.15) is 17.9 Å². The maximum Gasteiger partial charge on any atom is 0.225 e. The van der Waals surface area contributed by atoms with Gasteiger partial charge in [-0.1, -0.05) is 35.9 Å². The molecule has 2 heterocycles. The summed E-state index contributed by atoms with van der Waals surface area (Å²) in [7, 11) is 0. The largest absolute Gasteiger partial charge is 0.398 e. The Balaban J connectivity index is 1.63. The summed E-state index contributed by atoms with van der Waals surface area (Å²) in [5.74, 6) is 1.01. The van der Waals surface area contributed by atoms with E-state index in [0.717, 1.165) is 47.8 Å². The first-order valence-corrected chi connectivity index (χ1v) is 9.81. The fourth-order valence-electron chi connectivity index (χ4n) is 3.97. The van der Waals surface area contributed by atoms with E-state index in [0.29, 0.717) is 5.02 Å². The van der Waals surface area contributed by atoms with Crippen molar-refractivity contribution < 1.29 is 5.11 Å². The van der Waals surface area contributed by atoms with E-state index in [2.05, 4.69) is 27.0 Å². The molecule has 4 rings (SSSR count). The molecule has 1 saturated heterocycles. The number of aliphatic hydroxyl groups excluding tert-OH is 1. The molecule has 3 N–H and O–H groups in total. The normalized spacial score (nSPS) is 19.6. The summed E-state index contributed by atoms with van der Waals surface area (Å²) in [5.41, 5.74) is 10.3. The SMILES string of the molecule is Nc1cc(-c2cccc(Cl)c2)ccc1C1CN(c2ncccn2)CCC1CO. The van der Waals surface area contributed by atoms with Crippen LogP contribution in [0, 0.1) is 5.92 Å². The second kappa shape index (κ2) is 8.17. The molecule has 2 aromatic carbocycles. The highest BCUT2D eigenvalue weighted by Crippen LogP contribution is 2.37. The van der Waals surface area contributed by atoms with Crippen LogP contribution in [-0.2, 0) is 0 Å². The molecule has 28 heavy (non-hydrogen) atoms. The lowest BCUT2D eigenvalue weighted by Crippen LogP contribution is -2.41. The van der Waals surface area contributed by atoms with Crippen LogP contribution in [0.25, 0.3) is 11.1 Å². The van der Waals surface area contributed by atoms with Crippen molar-refractivity contribution in [3.05, 3.63) is 71.5 Å². The summed E-state index contributed by atoms with van der Waals surface area (Å²) < 4.78 is 0. The number of hydrogen-bond donors (Lipinski definition) is 2. The van der Waals surface area contributed by atoms with Crippen molar-refractivity contribution in [3.8, 4) is 11.1 Å². The van der Waals surface area contributed by atoms with Gasteiger partial charge in [0.1, 0.15) is 0 Å². The van der Waals surface area contributed by atoms with Gasteiger partial charge in [0, 0.05) is 48.7 Å². The zero-order chi connectivity index (χ0) is 19.5. The molecule has 0 bridgehead atoms. The van der Waals surface area contributed by atoms with E-state index in [9.17, 15) is 5.11 Å². The number of rotatable bonds is 4. The minimum atomic E-state index is 0.121. The predicted octanol–water partition coefficient (Wildman–Crippen LogP) is 3.98. The second-order valence-electron chi connectivity index (χ2n) is 7.19. The van der Waals surface area contributed by atoms with Gasteiger partial charge in [0.15, 0.2) is 0 Å². The summed E-state index contributed by atoms with van der Waals surface area (Å²) in [6.45, 7) is 1.70. The molecule has 3 aromatic rings. The van der Waals surface area contributed by atoms with E-state index in [4.69, 9.17) is 17.3 Å². The maximum atomic E-state index is 9.93. The van der Waals surface area contributed by atoms with E-state index in [1.807, 2.05) is 36.4 Å². The van der Waals surface area contributed by atoms with Gasteiger partial charge in [-0.3, -0.25) is 0 Å². The van der Waals surface area contributed by atoms with Crippen LogP contribution in [0.3, 0.4) is 0 Å². The van der Waals surface area contributed by atoms with Crippen LogP contribution in [0.5, 0.6) is 0 Å². The molecule has 2 atom stereocenters. The highest BCUT2D eigenvalue weighted by atomic mass is 35.5.